The molecular weight excluding hydrogens is 917 g/mol. The van der Waals surface area contributed by atoms with Crippen molar-refractivity contribution in [1.82, 2.24) is 4.98 Å². The summed E-state index contributed by atoms with van der Waals surface area (Å²) in [5.41, 5.74) is 14.2. The quantitative estimate of drug-likeness (QED) is 0.0701. The molecule has 0 atom stereocenters. The van der Waals surface area contributed by atoms with Crippen LogP contribution in [0, 0.1) is 27.7 Å². The minimum Gasteiger partial charge on any atom is -0.385 e. The number of anilines is 3. The van der Waals surface area contributed by atoms with E-state index in [1.165, 1.54) is 116 Å². The highest BCUT2D eigenvalue weighted by molar-refractivity contribution is 5.76. The molecule has 0 bridgehead atoms. The van der Waals surface area contributed by atoms with E-state index in [2.05, 4.69) is 159 Å². The van der Waals surface area contributed by atoms with Crippen molar-refractivity contribution in [3.63, 3.8) is 0 Å². The van der Waals surface area contributed by atoms with Crippen molar-refractivity contribution in [1.29, 1.82) is 0 Å². The van der Waals surface area contributed by atoms with Crippen molar-refractivity contribution in [2.45, 2.75) is 92.7 Å². The van der Waals surface area contributed by atoms with Crippen molar-refractivity contribution in [3.8, 4) is 0 Å². The number of aryl methyl sites for hydroxylation is 4. The van der Waals surface area contributed by atoms with E-state index in [0.29, 0.717) is 6.61 Å². The predicted molar refractivity (Wildman–Crippen MR) is 309 cm³/mol. The largest absolute Gasteiger partial charge is 0.385 e. The van der Waals surface area contributed by atoms with Gasteiger partial charge in [-0.15, -0.1) is 0 Å². The number of nitrogens with zero attached hydrogens (tertiary/aromatic N) is 6. The standard InChI is InChI=1S/C32H38N3O.C11H13NO.C10H16NO.C7H9N.C4H10O/c1-36-26-25-35-31(19-13-27-9-15-29(16-10-27)33-21-2-3-22-33)7-6-8-32(35)20-14-28-11-17-30(18-12-28)34-23-4-5-24-34;13-9-10-3-5-11(6-4-10)12-7-1-2-8-12;1-9-5-4-6-10(2)11(9)7-8-12-3;1-6-4-3-5-7(2)8-6;1-3-4-5-2/h6-20H,2-5,21-26H2,1H3;3-6,9H,1-2,7-8H2;4-6H,7-8H2,1-3H3;3-5H,1-2H3;3-4H2,1-2H3/q+1;;+1;;. The Hall–Kier alpha value is -6.46. The molecular formula is C64H86N6O4+2. The van der Waals surface area contributed by atoms with Crippen molar-refractivity contribution in [3.05, 3.63) is 178 Å². The van der Waals surface area contributed by atoms with Crippen LogP contribution in [0.15, 0.2) is 127 Å². The molecule has 10 heteroatoms. The van der Waals surface area contributed by atoms with Gasteiger partial charge in [-0.1, -0.05) is 37.3 Å². The van der Waals surface area contributed by atoms with Crippen LogP contribution < -0.4 is 23.8 Å². The second-order valence-corrected chi connectivity index (χ2v) is 19.0. The topological polar surface area (TPSA) is 75.1 Å². The van der Waals surface area contributed by atoms with Gasteiger partial charge >= 0.3 is 0 Å². The Kier molecular flexibility index (Phi) is 26.4. The summed E-state index contributed by atoms with van der Waals surface area (Å²) in [6, 6.07) is 44.5. The third kappa shape index (κ3) is 20.1. The first-order valence-electron chi connectivity index (χ1n) is 26.9. The molecule has 6 aromatic rings. The summed E-state index contributed by atoms with van der Waals surface area (Å²) in [4.78, 5) is 21.9. The van der Waals surface area contributed by atoms with E-state index < -0.39 is 0 Å². The maximum atomic E-state index is 10.4. The number of aromatic nitrogens is 3. The fourth-order valence-electron chi connectivity index (χ4n) is 9.16. The van der Waals surface area contributed by atoms with Gasteiger partial charge in [-0.3, -0.25) is 9.78 Å². The van der Waals surface area contributed by atoms with E-state index in [9.17, 15) is 4.79 Å². The molecule has 74 heavy (non-hydrogen) atoms. The molecule has 0 amide bonds. The van der Waals surface area contributed by atoms with Crippen LogP contribution in [0.25, 0.3) is 24.3 Å². The summed E-state index contributed by atoms with van der Waals surface area (Å²) in [6.45, 7) is 21.4. The molecule has 0 radical (unpaired) electrons. The molecule has 10 nitrogen and oxygen atoms in total. The van der Waals surface area contributed by atoms with Crippen LogP contribution in [0.4, 0.5) is 17.1 Å². The van der Waals surface area contributed by atoms with E-state index in [0.717, 1.165) is 69.1 Å². The Morgan fingerprint density at radius 3 is 1.12 bits per heavy atom. The third-order valence-corrected chi connectivity index (χ3v) is 13.3. The van der Waals surface area contributed by atoms with Gasteiger partial charge in [-0.05, 0) is 155 Å². The fourth-order valence-corrected chi connectivity index (χ4v) is 9.16. The Bertz CT molecular complexity index is 2430. The molecule has 3 aliphatic rings. The number of hydrogen-bond donors (Lipinski definition) is 0. The molecule has 3 aromatic carbocycles. The lowest BCUT2D eigenvalue weighted by Crippen LogP contribution is -2.42. The van der Waals surface area contributed by atoms with E-state index in [1.54, 1.807) is 21.3 Å². The molecule has 3 aromatic heterocycles. The molecule has 0 spiro atoms. The normalized spacial score (nSPS) is 13.9. The number of aldehydes is 1. The first-order chi connectivity index (χ1) is 36.2. The Labute approximate surface area is 445 Å². The lowest BCUT2D eigenvalue weighted by atomic mass is 10.1. The van der Waals surface area contributed by atoms with Crippen LogP contribution in [0.1, 0.15) is 108 Å². The van der Waals surface area contributed by atoms with Crippen molar-refractivity contribution in [2.24, 2.45) is 0 Å². The van der Waals surface area contributed by atoms with Crippen molar-refractivity contribution < 1.29 is 28.1 Å². The smallest absolute Gasteiger partial charge is 0.205 e. The van der Waals surface area contributed by atoms with Gasteiger partial charge in [0.05, 0.1) is 0 Å². The molecule has 3 fully saturated rings. The number of ether oxygens (including phenoxy) is 3. The first kappa shape index (κ1) is 58.4. The van der Waals surface area contributed by atoms with Crippen molar-refractivity contribution >= 4 is 47.7 Å². The van der Waals surface area contributed by atoms with E-state index in [1.807, 2.05) is 56.3 Å². The average molecular weight is 1000 g/mol. The zero-order valence-electron chi connectivity index (χ0n) is 46.1. The number of carbonyl (C=O) groups is 1. The molecule has 9 rings (SSSR count). The molecule has 0 unspecified atom stereocenters. The molecule has 3 saturated heterocycles. The first-order valence-corrected chi connectivity index (χ1v) is 26.9. The summed E-state index contributed by atoms with van der Waals surface area (Å²) in [6.07, 6.45) is 18.6. The Balaban J connectivity index is 0.000000215. The summed E-state index contributed by atoms with van der Waals surface area (Å²) in [5, 5.41) is 0. The fraction of sp³-hybridized carbons (Fsp3) is 0.406. The van der Waals surface area contributed by atoms with Crippen LogP contribution in [-0.2, 0) is 27.3 Å². The Morgan fingerprint density at radius 2 is 0.797 bits per heavy atom. The van der Waals surface area contributed by atoms with E-state index in [-0.39, 0.29) is 0 Å². The molecule has 0 saturated carbocycles. The molecule has 0 aliphatic carbocycles. The van der Waals surface area contributed by atoms with Gasteiger partial charge in [0.2, 0.25) is 11.4 Å². The van der Waals surface area contributed by atoms with Gasteiger partial charge in [-0.25, -0.2) is 0 Å². The van der Waals surface area contributed by atoms with E-state index in [4.69, 9.17) is 14.2 Å². The highest BCUT2D eigenvalue weighted by atomic mass is 16.5. The van der Waals surface area contributed by atoms with Crippen LogP contribution in [-0.4, -0.2) is 91.7 Å². The molecule has 394 valence electrons. The second-order valence-electron chi connectivity index (χ2n) is 19.0. The van der Waals surface area contributed by atoms with Crippen LogP contribution in [0.2, 0.25) is 0 Å². The van der Waals surface area contributed by atoms with Gasteiger partial charge in [0.25, 0.3) is 0 Å². The van der Waals surface area contributed by atoms with Gasteiger partial charge in [0.15, 0.2) is 24.5 Å². The van der Waals surface area contributed by atoms with Gasteiger partial charge in [-0.2, -0.15) is 9.13 Å². The van der Waals surface area contributed by atoms with Crippen molar-refractivity contribution in [2.75, 3.05) is 95.1 Å². The highest BCUT2D eigenvalue weighted by Crippen LogP contribution is 2.23. The highest BCUT2D eigenvalue weighted by Gasteiger charge is 2.16. The van der Waals surface area contributed by atoms with Crippen LogP contribution in [0.5, 0.6) is 0 Å². The average Bonchev–Trinajstić information content (AvgIpc) is 4.27. The zero-order chi connectivity index (χ0) is 52.8. The summed E-state index contributed by atoms with van der Waals surface area (Å²) in [7, 11) is 5.20. The molecule has 6 heterocycles. The summed E-state index contributed by atoms with van der Waals surface area (Å²) >= 11 is 0. The maximum absolute atomic E-state index is 10.4. The number of hydrogen-bond acceptors (Lipinski definition) is 8. The lowest BCUT2D eigenvalue weighted by molar-refractivity contribution is -0.709. The minimum absolute atomic E-state index is 0.672. The van der Waals surface area contributed by atoms with Crippen LogP contribution >= 0.6 is 0 Å². The summed E-state index contributed by atoms with van der Waals surface area (Å²) < 4.78 is 19.7. The molecule has 3 aliphatic heterocycles. The third-order valence-electron chi connectivity index (χ3n) is 13.3. The van der Waals surface area contributed by atoms with Crippen LogP contribution in [0.3, 0.4) is 0 Å². The Morgan fingerprint density at radius 1 is 0.446 bits per heavy atom. The number of benzene rings is 3. The zero-order valence-corrected chi connectivity index (χ0v) is 46.1. The maximum Gasteiger partial charge on any atom is 0.205 e. The van der Waals surface area contributed by atoms with Gasteiger partial charge in [0.1, 0.15) is 19.5 Å². The summed E-state index contributed by atoms with van der Waals surface area (Å²) in [5.74, 6) is 0. The minimum atomic E-state index is 0.672. The SMILES string of the molecule is CCCOC.COCC[n+]1c(/C=C/c2ccc(N3CCCC3)cc2)cccc1/C=C/c1ccc(N2CCCC2)cc1.COCC[n+]1c(C)cccc1C.Cc1cccc(C)n1.O=Cc1ccc(N2CCCC2)cc1. The number of rotatable bonds is 16. The number of carbonyl (C=O) groups excluding carboxylic acids is 1. The number of pyridine rings is 3. The second kappa shape index (κ2) is 33.4. The van der Waals surface area contributed by atoms with E-state index >= 15 is 0 Å². The number of methoxy groups -OCH3 is 3. The van der Waals surface area contributed by atoms with Gasteiger partial charge < -0.3 is 28.9 Å². The van der Waals surface area contributed by atoms with Gasteiger partial charge in [0, 0.05) is 151 Å². The predicted octanol–water partition coefficient (Wildman–Crippen LogP) is 12.2. The monoisotopic (exact) mass is 1000 g/mol. The lowest BCUT2D eigenvalue weighted by Gasteiger charge is -2.17. The molecule has 0 N–H and O–H groups in total.